The molecule has 0 fully saturated rings. The molecule has 6 nitrogen and oxygen atoms in total. The van der Waals surface area contributed by atoms with Gasteiger partial charge in [0, 0.05) is 45.2 Å². The molecule has 1 aliphatic heterocycles. The highest BCUT2D eigenvalue weighted by atomic mass is 15.3. The fraction of sp³-hybridized carbons (Fsp3) is 0. The molecule has 224 valence electrons. The highest BCUT2D eigenvalue weighted by Gasteiger charge is 2.29. The van der Waals surface area contributed by atoms with Crippen LogP contribution >= 0.6 is 0 Å². The first-order valence-corrected chi connectivity index (χ1v) is 16.0. The van der Waals surface area contributed by atoms with Gasteiger partial charge in [-0.15, -0.1) is 0 Å². The van der Waals surface area contributed by atoms with Gasteiger partial charge >= 0.3 is 0 Å². The Morgan fingerprint density at radius 1 is 0.438 bits per heavy atom. The average Bonchev–Trinajstić information content (AvgIpc) is 3.48. The predicted molar refractivity (Wildman–Crippen MR) is 194 cm³/mol. The zero-order valence-corrected chi connectivity index (χ0v) is 25.7. The predicted octanol–water partition coefficient (Wildman–Crippen LogP) is 10.3. The summed E-state index contributed by atoms with van der Waals surface area (Å²) in [6, 6.07) is 50.5. The SMILES string of the molecule is c1ccc(-c2ccnc(N3c4cc5c(cc4-c4cccc6cccc3c46)c3ccccc3n5-c3nccc(-c4ccccc4)n3)n2)cc1. The van der Waals surface area contributed by atoms with Crippen LogP contribution in [0.2, 0.25) is 0 Å². The summed E-state index contributed by atoms with van der Waals surface area (Å²) in [5.41, 5.74) is 10.3. The summed E-state index contributed by atoms with van der Waals surface area (Å²) in [5.74, 6) is 1.23. The summed E-state index contributed by atoms with van der Waals surface area (Å²) in [5, 5.41) is 4.63. The number of anilines is 3. The molecule has 10 rings (SSSR count). The van der Waals surface area contributed by atoms with Crippen molar-refractivity contribution in [2.75, 3.05) is 4.90 Å². The molecule has 0 atom stereocenters. The Kier molecular flexibility index (Phi) is 5.77. The van der Waals surface area contributed by atoms with Crippen LogP contribution in [0.5, 0.6) is 0 Å². The number of rotatable bonds is 4. The van der Waals surface area contributed by atoms with Crippen molar-refractivity contribution in [3.63, 3.8) is 0 Å². The summed E-state index contributed by atoms with van der Waals surface area (Å²) in [6.45, 7) is 0. The molecule has 0 bridgehead atoms. The molecule has 0 saturated carbocycles. The van der Waals surface area contributed by atoms with Gasteiger partial charge in [-0.05, 0) is 47.3 Å². The minimum atomic E-state index is 0.615. The number of benzene rings is 6. The molecule has 0 spiro atoms. The van der Waals surface area contributed by atoms with Crippen molar-refractivity contribution in [2.24, 2.45) is 0 Å². The summed E-state index contributed by atoms with van der Waals surface area (Å²) < 4.78 is 2.18. The van der Waals surface area contributed by atoms with Gasteiger partial charge in [-0.2, -0.15) is 0 Å². The Morgan fingerprint density at radius 2 is 1.08 bits per heavy atom. The number of para-hydroxylation sites is 1. The highest BCUT2D eigenvalue weighted by Crippen LogP contribution is 2.52. The van der Waals surface area contributed by atoms with Crippen molar-refractivity contribution in [2.45, 2.75) is 0 Å². The first-order valence-electron chi connectivity index (χ1n) is 16.0. The van der Waals surface area contributed by atoms with Crippen molar-refractivity contribution in [3.8, 4) is 39.6 Å². The fourth-order valence-corrected chi connectivity index (χ4v) is 7.15. The maximum atomic E-state index is 5.16. The number of hydrogen-bond acceptors (Lipinski definition) is 5. The number of hydrogen-bond donors (Lipinski definition) is 0. The smallest absolute Gasteiger partial charge is 0.235 e. The molecular weight excluding hydrogens is 589 g/mol. The van der Waals surface area contributed by atoms with Crippen LogP contribution in [0.15, 0.2) is 158 Å². The van der Waals surface area contributed by atoms with Gasteiger partial charge in [0.1, 0.15) is 0 Å². The van der Waals surface area contributed by atoms with E-state index < -0.39 is 0 Å². The van der Waals surface area contributed by atoms with E-state index in [1.54, 1.807) is 0 Å². The molecule has 48 heavy (non-hydrogen) atoms. The van der Waals surface area contributed by atoms with Crippen LogP contribution in [0.3, 0.4) is 0 Å². The minimum absolute atomic E-state index is 0.615. The van der Waals surface area contributed by atoms with E-state index in [-0.39, 0.29) is 0 Å². The molecule has 0 radical (unpaired) electrons. The fourth-order valence-electron chi connectivity index (χ4n) is 7.15. The zero-order chi connectivity index (χ0) is 31.6. The van der Waals surface area contributed by atoms with Crippen LogP contribution in [0.25, 0.3) is 72.2 Å². The number of aromatic nitrogens is 5. The van der Waals surface area contributed by atoms with E-state index in [1.807, 2.05) is 60.9 Å². The van der Waals surface area contributed by atoms with E-state index >= 15 is 0 Å². The second-order valence-electron chi connectivity index (χ2n) is 12.0. The van der Waals surface area contributed by atoms with Gasteiger partial charge < -0.3 is 0 Å². The topological polar surface area (TPSA) is 59.7 Å². The van der Waals surface area contributed by atoms with Crippen LogP contribution in [-0.4, -0.2) is 24.5 Å². The third-order valence-corrected chi connectivity index (χ3v) is 9.27. The van der Waals surface area contributed by atoms with Crippen molar-refractivity contribution in [1.82, 2.24) is 24.5 Å². The van der Waals surface area contributed by atoms with Gasteiger partial charge in [0.2, 0.25) is 11.9 Å². The maximum Gasteiger partial charge on any atom is 0.235 e. The van der Waals surface area contributed by atoms with Crippen molar-refractivity contribution in [1.29, 1.82) is 0 Å². The highest BCUT2D eigenvalue weighted by molar-refractivity contribution is 6.18. The van der Waals surface area contributed by atoms with Gasteiger partial charge in [-0.1, -0.05) is 109 Å². The van der Waals surface area contributed by atoms with E-state index in [2.05, 4.69) is 107 Å². The van der Waals surface area contributed by atoms with Gasteiger partial charge in [-0.25, -0.2) is 19.9 Å². The molecule has 0 saturated heterocycles. The second kappa shape index (κ2) is 10.4. The molecule has 9 aromatic rings. The molecule has 6 heteroatoms. The normalized spacial score (nSPS) is 12.1. The lowest BCUT2D eigenvalue weighted by Gasteiger charge is -2.32. The van der Waals surface area contributed by atoms with Crippen LogP contribution in [0.4, 0.5) is 17.3 Å². The molecule has 0 N–H and O–H groups in total. The van der Waals surface area contributed by atoms with E-state index in [0.29, 0.717) is 11.9 Å². The standard InChI is InChI=1S/C42H26N6/c1-3-11-27(12-4-1)34-21-23-43-41(45-34)47-36-19-8-7-17-30(36)32-25-33-31-18-9-15-29-16-10-20-37(40(29)31)48(39(33)26-38(32)47)42-44-24-22-35(46-42)28-13-5-2-6-14-28/h1-26H. The molecule has 4 heterocycles. The van der Waals surface area contributed by atoms with Crippen molar-refractivity contribution >= 4 is 49.9 Å². The number of fused-ring (bicyclic) bond motifs is 5. The quantitative estimate of drug-likeness (QED) is 0.197. The first-order chi connectivity index (χ1) is 23.8. The monoisotopic (exact) mass is 614 g/mol. The van der Waals surface area contributed by atoms with E-state index in [4.69, 9.17) is 19.9 Å². The van der Waals surface area contributed by atoms with Crippen molar-refractivity contribution < 1.29 is 0 Å². The zero-order valence-electron chi connectivity index (χ0n) is 25.7. The summed E-state index contributed by atoms with van der Waals surface area (Å²) in [7, 11) is 0. The lowest BCUT2D eigenvalue weighted by atomic mass is 9.90. The summed E-state index contributed by atoms with van der Waals surface area (Å²) in [6.07, 6.45) is 3.69. The van der Waals surface area contributed by atoms with Crippen LogP contribution in [0.1, 0.15) is 0 Å². The Morgan fingerprint density at radius 3 is 1.83 bits per heavy atom. The molecule has 0 amide bonds. The molecule has 3 aromatic heterocycles. The van der Waals surface area contributed by atoms with E-state index in [0.717, 1.165) is 61.3 Å². The molecule has 0 aliphatic carbocycles. The minimum Gasteiger partial charge on any atom is -0.278 e. The Labute approximate surface area is 276 Å². The van der Waals surface area contributed by atoms with Gasteiger partial charge in [0.05, 0.1) is 33.8 Å². The molecule has 0 unspecified atom stereocenters. The van der Waals surface area contributed by atoms with E-state index in [1.165, 1.54) is 16.3 Å². The Balaban J connectivity index is 1.28. The largest absolute Gasteiger partial charge is 0.278 e. The summed E-state index contributed by atoms with van der Waals surface area (Å²) in [4.78, 5) is 22.2. The molecule has 6 aromatic carbocycles. The summed E-state index contributed by atoms with van der Waals surface area (Å²) >= 11 is 0. The van der Waals surface area contributed by atoms with Crippen molar-refractivity contribution in [3.05, 3.63) is 158 Å². The third kappa shape index (κ3) is 3.99. The first kappa shape index (κ1) is 26.5. The second-order valence-corrected chi connectivity index (χ2v) is 12.0. The maximum absolute atomic E-state index is 5.16. The average molecular weight is 615 g/mol. The van der Waals surface area contributed by atoms with Crippen LogP contribution in [0, 0.1) is 0 Å². The Bertz CT molecular complexity index is 2680. The van der Waals surface area contributed by atoms with Crippen LogP contribution in [-0.2, 0) is 0 Å². The van der Waals surface area contributed by atoms with Gasteiger partial charge in [-0.3, -0.25) is 9.47 Å². The molecular formula is C42H26N6. The lowest BCUT2D eigenvalue weighted by Crippen LogP contribution is -2.18. The van der Waals surface area contributed by atoms with Gasteiger partial charge in [0.15, 0.2) is 0 Å². The third-order valence-electron chi connectivity index (χ3n) is 9.27. The molecule has 1 aliphatic rings. The van der Waals surface area contributed by atoms with E-state index in [9.17, 15) is 0 Å². The number of nitrogens with zero attached hydrogens (tertiary/aromatic N) is 6. The van der Waals surface area contributed by atoms with Gasteiger partial charge in [0.25, 0.3) is 0 Å². The Hall–Kier alpha value is -6.66. The van der Waals surface area contributed by atoms with Crippen LogP contribution < -0.4 is 4.90 Å². The lowest BCUT2D eigenvalue weighted by molar-refractivity contribution is 0.991.